The fourth-order valence-corrected chi connectivity index (χ4v) is 2.84. The highest BCUT2D eigenvalue weighted by atomic mass is 32.2. The van der Waals surface area contributed by atoms with Crippen molar-refractivity contribution < 1.29 is 18.7 Å². The summed E-state index contributed by atoms with van der Waals surface area (Å²) in [7, 11) is 0. The number of amides is 1. The molecule has 0 atom stereocenters. The van der Waals surface area contributed by atoms with Gasteiger partial charge in [0.2, 0.25) is 5.56 Å². The highest BCUT2D eigenvalue weighted by molar-refractivity contribution is 7.99. The van der Waals surface area contributed by atoms with E-state index in [-0.39, 0.29) is 27.6 Å². The molecule has 7 nitrogen and oxygen atoms in total. The zero-order chi connectivity index (χ0) is 19.1. The third-order valence-electron chi connectivity index (χ3n) is 3.16. The number of para-hydroxylation sites is 1. The van der Waals surface area contributed by atoms with Crippen molar-refractivity contribution in [3.63, 3.8) is 0 Å². The Morgan fingerprint density at radius 1 is 1.38 bits per heavy atom. The second-order valence-corrected chi connectivity index (χ2v) is 6.10. The number of carbonyl (C=O) groups is 2. The van der Waals surface area contributed by atoms with Crippen LogP contribution in [0.4, 0.5) is 10.1 Å². The molecule has 0 aliphatic heterocycles. The summed E-state index contributed by atoms with van der Waals surface area (Å²) in [6, 6.07) is 8.84. The molecule has 2 aromatic rings. The van der Waals surface area contributed by atoms with Crippen molar-refractivity contribution in [2.75, 3.05) is 17.7 Å². The number of aromatic nitrogens is 1. The summed E-state index contributed by atoms with van der Waals surface area (Å²) in [4.78, 5) is 37.4. The van der Waals surface area contributed by atoms with Crippen LogP contribution in [0.2, 0.25) is 0 Å². The monoisotopic (exact) mass is 375 g/mol. The van der Waals surface area contributed by atoms with Crippen LogP contribution in [-0.2, 0) is 14.3 Å². The molecule has 1 amide bonds. The number of aryl methyl sites for hydroxylation is 1. The standard InChI is InChI=1S/C17H14FN3O4S/c1-10-6-14(22)21-17(11(10)7-19)26-9-16(24)25-8-15(23)20-13-5-3-2-4-12(13)18/h2-6H,8-9H2,1H3,(H,20,23)(H,21,22). The van der Waals surface area contributed by atoms with Crippen molar-refractivity contribution >= 4 is 29.3 Å². The minimum atomic E-state index is -0.718. The average Bonchev–Trinajstić information content (AvgIpc) is 2.59. The van der Waals surface area contributed by atoms with Gasteiger partial charge in [0, 0.05) is 6.07 Å². The maximum atomic E-state index is 13.4. The second kappa shape index (κ2) is 8.82. The maximum Gasteiger partial charge on any atom is 0.316 e. The average molecular weight is 375 g/mol. The predicted octanol–water partition coefficient (Wildman–Crippen LogP) is 1.97. The molecule has 1 aromatic carbocycles. The Balaban J connectivity index is 1.86. The Kier molecular flexibility index (Phi) is 6.52. The molecule has 0 spiro atoms. The zero-order valence-electron chi connectivity index (χ0n) is 13.7. The number of hydrogen-bond acceptors (Lipinski definition) is 6. The van der Waals surface area contributed by atoms with E-state index in [1.807, 2.05) is 6.07 Å². The van der Waals surface area contributed by atoms with Gasteiger partial charge >= 0.3 is 5.97 Å². The molecule has 9 heteroatoms. The summed E-state index contributed by atoms with van der Waals surface area (Å²) in [5.41, 5.74) is 0.358. The van der Waals surface area contributed by atoms with Crippen molar-refractivity contribution in [3.8, 4) is 6.07 Å². The molecule has 0 radical (unpaired) electrons. The van der Waals surface area contributed by atoms with E-state index in [1.54, 1.807) is 13.0 Å². The lowest BCUT2D eigenvalue weighted by Gasteiger charge is -2.08. The van der Waals surface area contributed by atoms with Crippen molar-refractivity contribution in [1.82, 2.24) is 4.98 Å². The number of aromatic amines is 1. The van der Waals surface area contributed by atoms with E-state index < -0.39 is 24.3 Å². The molecule has 1 heterocycles. The van der Waals surface area contributed by atoms with Crippen LogP contribution in [0.25, 0.3) is 0 Å². The molecule has 26 heavy (non-hydrogen) atoms. The number of halogens is 1. The number of nitrogens with one attached hydrogen (secondary N) is 2. The Bertz CT molecular complexity index is 936. The van der Waals surface area contributed by atoms with Crippen LogP contribution < -0.4 is 10.9 Å². The molecule has 1 aromatic heterocycles. The third kappa shape index (κ3) is 5.19. The SMILES string of the molecule is Cc1cc(=O)[nH]c(SCC(=O)OCC(=O)Nc2ccccc2F)c1C#N. The van der Waals surface area contributed by atoms with Crippen LogP contribution >= 0.6 is 11.8 Å². The number of H-pyrrole nitrogens is 1. The molecule has 2 N–H and O–H groups in total. The smallest absolute Gasteiger partial charge is 0.316 e. The summed E-state index contributed by atoms with van der Waals surface area (Å²) < 4.78 is 18.2. The highest BCUT2D eigenvalue weighted by Crippen LogP contribution is 2.20. The molecule has 0 aliphatic carbocycles. The number of carbonyl (C=O) groups excluding carboxylic acids is 2. The minimum absolute atomic E-state index is 0.0149. The van der Waals surface area contributed by atoms with Crippen molar-refractivity contribution in [2.24, 2.45) is 0 Å². The topological polar surface area (TPSA) is 112 Å². The van der Waals surface area contributed by atoms with E-state index in [0.29, 0.717) is 5.56 Å². The van der Waals surface area contributed by atoms with Gasteiger partial charge in [-0.3, -0.25) is 14.4 Å². The van der Waals surface area contributed by atoms with E-state index in [1.165, 1.54) is 24.3 Å². The number of esters is 1. The summed E-state index contributed by atoms with van der Waals surface area (Å²) in [5, 5.41) is 11.6. The van der Waals surface area contributed by atoms with Crippen molar-refractivity contribution in [3.05, 3.63) is 57.6 Å². The Morgan fingerprint density at radius 3 is 2.81 bits per heavy atom. The quantitative estimate of drug-likeness (QED) is 0.590. The number of benzene rings is 1. The van der Waals surface area contributed by atoms with Crippen LogP contribution in [0.3, 0.4) is 0 Å². The molecule has 0 unspecified atom stereocenters. The molecule has 134 valence electrons. The maximum absolute atomic E-state index is 13.4. The van der Waals surface area contributed by atoms with Crippen LogP contribution in [0.15, 0.2) is 40.2 Å². The Labute approximate surface area is 152 Å². The first-order valence-electron chi connectivity index (χ1n) is 7.37. The first-order valence-corrected chi connectivity index (χ1v) is 8.36. The van der Waals surface area contributed by atoms with Gasteiger partial charge in [-0.2, -0.15) is 5.26 Å². The third-order valence-corrected chi connectivity index (χ3v) is 4.14. The van der Waals surface area contributed by atoms with E-state index in [9.17, 15) is 18.8 Å². The molecule has 0 saturated heterocycles. The van der Waals surface area contributed by atoms with Gasteiger partial charge in [0.05, 0.1) is 22.0 Å². The van der Waals surface area contributed by atoms with Crippen LogP contribution in [-0.4, -0.2) is 29.2 Å². The normalized spacial score (nSPS) is 10.0. The Morgan fingerprint density at radius 2 is 2.12 bits per heavy atom. The number of nitriles is 1. The number of rotatable bonds is 6. The highest BCUT2D eigenvalue weighted by Gasteiger charge is 2.13. The van der Waals surface area contributed by atoms with Gasteiger partial charge in [-0.05, 0) is 24.6 Å². The van der Waals surface area contributed by atoms with E-state index in [0.717, 1.165) is 11.8 Å². The van der Waals surface area contributed by atoms with Gasteiger partial charge in [0.15, 0.2) is 6.61 Å². The number of ether oxygens (including phenoxy) is 1. The number of pyridine rings is 1. The molecule has 2 rings (SSSR count). The van der Waals surface area contributed by atoms with E-state index in [4.69, 9.17) is 10.00 Å². The molecular weight excluding hydrogens is 361 g/mol. The molecule has 0 fully saturated rings. The Hall–Kier alpha value is -3.12. The van der Waals surface area contributed by atoms with Crippen molar-refractivity contribution in [2.45, 2.75) is 11.9 Å². The van der Waals surface area contributed by atoms with Gasteiger partial charge in [-0.15, -0.1) is 0 Å². The lowest BCUT2D eigenvalue weighted by atomic mass is 10.2. The van der Waals surface area contributed by atoms with Crippen LogP contribution in [0.1, 0.15) is 11.1 Å². The number of anilines is 1. The van der Waals surface area contributed by atoms with Gasteiger partial charge < -0.3 is 15.0 Å². The van der Waals surface area contributed by atoms with E-state index in [2.05, 4.69) is 10.3 Å². The van der Waals surface area contributed by atoms with Crippen molar-refractivity contribution in [1.29, 1.82) is 5.26 Å². The fraction of sp³-hybridized carbons (Fsp3) is 0.176. The van der Waals surface area contributed by atoms with Gasteiger partial charge in [0.1, 0.15) is 11.9 Å². The van der Waals surface area contributed by atoms with Gasteiger partial charge in [0.25, 0.3) is 5.91 Å². The van der Waals surface area contributed by atoms with Crippen LogP contribution in [0.5, 0.6) is 0 Å². The summed E-state index contributed by atoms with van der Waals surface area (Å²) in [6.07, 6.45) is 0. The summed E-state index contributed by atoms with van der Waals surface area (Å²) in [6.45, 7) is 1.03. The zero-order valence-corrected chi connectivity index (χ0v) is 14.5. The van der Waals surface area contributed by atoms with E-state index >= 15 is 0 Å². The minimum Gasteiger partial charge on any atom is -0.455 e. The molecule has 0 saturated carbocycles. The van der Waals surface area contributed by atoms with Crippen LogP contribution in [0, 0.1) is 24.1 Å². The lowest BCUT2D eigenvalue weighted by molar-refractivity contribution is -0.144. The lowest BCUT2D eigenvalue weighted by Crippen LogP contribution is -2.22. The molecular formula is C17H14FN3O4S. The number of thioether (sulfide) groups is 1. The van der Waals surface area contributed by atoms with Gasteiger partial charge in [-0.25, -0.2) is 4.39 Å². The number of nitrogens with zero attached hydrogens (tertiary/aromatic N) is 1. The largest absolute Gasteiger partial charge is 0.455 e. The summed E-state index contributed by atoms with van der Waals surface area (Å²) in [5.74, 6) is -2.21. The molecule has 0 bridgehead atoms. The van der Waals surface area contributed by atoms with Gasteiger partial charge in [-0.1, -0.05) is 23.9 Å². The first-order chi connectivity index (χ1) is 12.4. The molecule has 0 aliphatic rings. The second-order valence-electron chi connectivity index (χ2n) is 5.11. The first kappa shape index (κ1) is 19.2. The number of hydrogen-bond donors (Lipinski definition) is 2. The summed E-state index contributed by atoms with van der Waals surface area (Å²) >= 11 is 0.922. The predicted molar refractivity (Wildman–Crippen MR) is 93.2 cm³/mol. The fourth-order valence-electron chi connectivity index (χ4n) is 1.97.